The predicted molar refractivity (Wildman–Crippen MR) is 503 cm³/mol. The molecule has 0 saturated heterocycles. The van der Waals surface area contributed by atoms with Crippen LogP contribution in [0.5, 0.6) is 17.2 Å². The minimum atomic E-state index is -1.10. The number of phenolic OH excluding ortho intramolecular Hbond substituents is 1. The van der Waals surface area contributed by atoms with Crippen molar-refractivity contribution < 1.29 is 101 Å². The first-order chi connectivity index (χ1) is 60.4. The van der Waals surface area contributed by atoms with Gasteiger partial charge in [0.15, 0.2) is 15.4 Å². The zero-order chi connectivity index (χ0) is 93.5. The molecule has 0 spiro atoms. The number of nitrogens with one attached hydrogen (secondary N) is 4. The minimum absolute atomic E-state index is 0.00720. The van der Waals surface area contributed by atoms with Crippen LogP contribution in [0.3, 0.4) is 0 Å². The summed E-state index contributed by atoms with van der Waals surface area (Å²) in [7, 11) is 0.628. The number of esters is 3. The van der Waals surface area contributed by atoms with Gasteiger partial charge in [-0.3, -0.25) is 52.7 Å². The summed E-state index contributed by atoms with van der Waals surface area (Å²) in [5, 5.41) is 38.4. The molecular weight excluding hydrogens is 1960 g/mol. The third-order valence-electron chi connectivity index (χ3n) is 27.0. The molecule has 4 amide bonds. The number of aliphatic carboxylic acids is 2. The van der Waals surface area contributed by atoms with Gasteiger partial charge in [-0.2, -0.15) is 0 Å². The number of rotatable bonds is 21. The second-order valence-electron chi connectivity index (χ2n) is 37.9. The number of phenols is 1. The summed E-state index contributed by atoms with van der Waals surface area (Å²) >= 11 is 9.17. The molecule has 15 rings (SSSR count). The first-order valence-electron chi connectivity index (χ1n) is 44.2. The number of ketones is 3. The van der Waals surface area contributed by atoms with Gasteiger partial charge >= 0.3 is 85.4 Å². The molecule has 11 N–H and O–H groups in total. The third kappa shape index (κ3) is 26.9. The van der Waals surface area contributed by atoms with Crippen molar-refractivity contribution in [1.29, 1.82) is 0 Å². The molecule has 6 saturated carbocycles. The van der Waals surface area contributed by atoms with Gasteiger partial charge in [-0.25, -0.2) is 19.7 Å². The molecule has 9 unspecified atom stereocenters. The van der Waals surface area contributed by atoms with E-state index in [9.17, 15) is 62.6 Å². The van der Waals surface area contributed by atoms with Crippen molar-refractivity contribution in [3.8, 4) is 17.2 Å². The molecule has 3 aromatic carbocycles. The Labute approximate surface area is 790 Å². The van der Waals surface area contributed by atoms with Crippen LogP contribution < -0.4 is 42.2 Å². The van der Waals surface area contributed by atoms with E-state index >= 15 is 0 Å². The van der Waals surface area contributed by atoms with Crippen molar-refractivity contribution in [2.75, 3.05) is 35.6 Å². The van der Waals surface area contributed by atoms with Gasteiger partial charge in [-0.15, -0.1) is 34.0 Å². The Morgan fingerprint density at radius 1 is 0.484 bits per heavy atom. The SMILES string of the molecule is CC(C)(C)OC(=O)NCC(=O)O.Cc1cnc(NC(=O)CC[C@@H]2CC(=O)[C@@]3(C)CCC4c5ccc(O)cc5CCC4C23)s1.Cc1cnc(NC(=O)CC[C@@H]2CC(=O)[C@@]3(C)CCC4c5ccc(OC(=O)CCC(=O)OC(C)(C)C)cc5CCC4C23)s1.Cc1cnc(NC(=O)CC[C@@H]2CC(=O)[C@@]3(C)CCC4c5ccc(OC(=O)CN)cc5CCC4C23)s1.NCC(=O)O.[I][V][I]. The van der Waals surface area contributed by atoms with E-state index in [0.29, 0.717) is 152 Å². The number of benzene rings is 3. The second kappa shape index (κ2) is 45.2. The summed E-state index contributed by atoms with van der Waals surface area (Å²) in [6.45, 7) is 22.1. The maximum absolute atomic E-state index is 13.3. The average Bonchev–Trinajstić information content (AvgIpc) is 1.53. The van der Waals surface area contributed by atoms with Crippen molar-refractivity contribution in [3.63, 3.8) is 0 Å². The number of anilines is 3. The summed E-state index contributed by atoms with van der Waals surface area (Å²) in [5.74, 6) is 3.18. The van der Waals surface area contributed by atoms with E-state index in [1.807, 2.05) is 51.1 Å². The molecule has 695 valence electrons. The van der Waals surface area contributed by atoms with Crippen molar-refractivity contribution in [2.24, 2.45) is 81.0 Å². The van der Waals surface area contributed by atoms with E-state index in [2.05, 4.69) is 121 Å². The molecule has 3 heterocycles. The number of hydrogen-bond acceptors (Lipinski definition) is 25. The normalized spacial score (nSPS) is 25.7. The first kappa shape index (κ1) is 102. The van der Waals surface area contributed by atoms with Gasteiger partial charge in [0.1, 0.15) is 52.3 Å². The molecule has 6 fully saturated rings. The number of hydrogen-bond donors (Lipinski definition) is 9. The Bertz CT molecular complexity index is 5030. The van der Waals surface area contributed by atoms with Crippen LogP contribution in [0.15, 0.2) is 73.2 Å². The van der Waals surface area contributed by atoms with Gasteiger partial charge in [0.25, 0.3) is 0 Å². The fourth-order valence-electron chi connectivity index (χ4n) is 21.9. The summed E-state index contributed by atoms with van der Waals surface area (Å²) in [6, 6.07) is 17.7. The van der Waals surface area contributed by atoms with Crippen LogP contribution in [0.4, 0.5) is 20.2 Å². The molecule has 3 aromatic heterocycles. The van der Waals surface area contributed by atoms with Gasteiger partial charge in [-0.05, 0) is 299 Å². The topological polar surface area (TPSA) is 441 Å². The Kier molecular flexibility index (Phi) is 36.2. The Morgan fingerprint density at radius 3 is 1.14 bits per heavy atom. The number of amides is 4. The number of aromatic hydroxyl groups is 1. The van der Waals surface area contributed by atoms with Crippen LogP contribution in [0.1, 0.15) is 256 Å². The van der Waals surface area contributed by atoms with E-state index in [0.717, 1.165) is 105 Å². The van der Waals surface area contributed by atoms with Gasteiger partial charge in [0.2, 0.25) is 17.7 Å². The van der Waals surface area contributed by atoms with Gasteiger partial charge in [0, 0.05) is 88.0 Å². The quantitative estimate of drug-likeness (QED) is 0.0184. The van der Waals surface area contributed by atoms with Crippen LogP contribution in [0.25, 0.3) is 0 Å². The summed E-state index contributed by atoms with van der Waals surface area (Å²) in [4.78, 5) is 159. The number of thiazole rings is 3. The Hall–Kier alpha value is -7.65. The Balaban J connectivity index is 0.000000182. The van der Waals surface area contributed by atoms with E-state index in [1.54, 1.807) is 66.2 Å². The molecule has 9 aliphatic rings. The number of carboxylic acid groups (broad SMARTS) is 2. The number of nitrogens with zero attached hydrogens (tertiary/aromatic N) is 3. The number of fused-ring (bicyclic) bond motifs is 15. The van der Waals surface area contributed by atoms with Crippen molar-refractivity contribution in [1.82, 2.24) is 20.3 Å². The van der Waals surface area contributed by atoms with Crippen LogP contribution in [0.2, 0.25) is 0 Å². The zero-order valence-corrected chi connectivity index (χ0v) is 83.2. The van der Waals surface area contributed by atoms with Crippen LogP contribution in [-0.4, -0.2) is 132 Å². The molecule has 0 radical (unpaired) electrons. The number of alkyl carbamates (subject to hydrolysis) is 1. The van der Waals surface area contributed by atoms with Crippen molar-refractivity contribution >= 4 is 160 Å². The maximum atomic E-state index is 13.3. The molecule has 0 aliphatic heterocycles. The summed E-state index contributed by atoms with van der Waals surface area (Å²) in [6.07, 6.45) is 21.1. The molecule has 9 aliphatic carbocycles. The number of aromatic nitrogens is 3. The van der Waals surface area contributed by atoms with E-state index < -0.39 is 53.7 Å². The molecule has 15 atom stereocenters. The Morgan fingerprint density at radius 2 is 0.820 bits per heavy atom. The van der Waals surface area contributed by atoms with Gasteiger partial charge < -0.3 is 67.0 Å². The number of carbonyl (C=O) groups excluding carboxylic acids is 10. The fourth-order valence-corrected chi connectivity index (χ4v) is 24.0. The third-order valence-corrected chi connectivity index (χ3v) is 29.5. The average molecular weight is 2080 g/mol. The monoisotopic (exact) mass is 2080 g/mol. The number of carbonyl (C=O) groups is 12. The molecular formula is C94H123I2N9O19S3V. The van der Waals surface area contributed by atoms with E-state index in [1.165, 1.54) is 67.4 Å². The number of halogens is 2. The molecule has 6 aromatic rings. The number of Topliss-reactive ketones (excluding diaryl/α,β-unsaturated/α-hetero) is 3. The predicted octanol–water partition coefficient (Wildman–Crippen LogP) is 17.6. The van der Waals surface area contributed by atoms with Crippen LogP contribution in [-0.2, 0) is 90.9 Å². The standard InChI is InChI=1S/C33H42N2O6S.C27H33N3O4S.C25H30N2O3S.C7H13NO4.C2H5NO2.2HI.V/c1-19-18-34-31(42-19)35-27(37)11-7-21-17-26(36)33(5)15-14-24-23-10-8-22(16-20(23)6-9-25(24)30(21)33)40-28(38)12-13-29(39)41-32(2,3)4;1-15-14-29-26(35-15)30-23(32)8-4-17-12-22(31)27(2)10-9-20-19-7-5-18(34-24(33)13-28)11-16(19)3-6-21(20)25(17)27;1-14-13-26-24(31-14)27-22(30)8-4-16-12-21(29)25(2)10-9-19-18-7-5-17(28)11-15(18)3-6-20(19)23(16)25;1-7(2,3)12-6(11)8-4-5(9)10;3-1-2(4)5;;;/h8,10,16,18,21,24-25,30H,6-7,9,11-15,17H2,1-5H3,(H,34,35,37);5,7,11,14,17,20-21,25H,3-4,6,8-10,12-13,28H2,1-2H3,(H,29,30,32);5,7,11,13,16,19-20,23,28H,3-4,6,8-10,12H2,1-2H3,(H,26,27,30);4H2,1-3H3,(H,8,11)(H,9,10);1,3H2,(H,4,5);2*1H;/q;;;;;;;+2/p-2/t21-,24?,25?,30?,33-;17-,20?,21?,25?,27-;16-,19?,20?,23?,25-;;;;;/m111...../s1. The van der Waals surface area contributed by atoms with Crippen LogP contribution >= 0.6 is 74.0 Å². The fraction of sp³-hybridized carbons (Fsp3) is 0.585. The number of carboxylic acids is 2. The molecule has 0 bridgehead atoms. The zero-order valence-electron chi connectivity index (χ0n) is 75.0. The number of nitrogens with two attached hydrogens (primary N) is 2. The van der Waals surface area contributed by atoms with Crippen LogP contribution in [0, 0.1) is 90.3 Å². The van der Waals surface area contributed by atoms with Gasteiger partial charge in [0.05, 0.1) is 25.9 Å². The van der Waals surface area contributed by atoms with E-state index in [-0.39, 0.29) is 83.6 Å². The number of ether oxygens (including phenoxy) is 4. The molecule has 28 nitrogen and oxygen atoms in total. The summed E-state index contributed by atoms with van der Waals surface area (Å²) < 4.78 is 21.0. The second-order valence-corrected chi connectivity index (χ2v) is 53.4. The van der Waals surface area contributed by atoms with Gasteiger partial charge in [-0.1, -0.05) is 39.0 Å². The number of aryl methyl sites for hydroxylation is 6. The first-order valence-corrected chi connectivity index (χ1v) is 55.6. The molecule has 128 heavy (non-hydrogen) atoms. The van der Waals surface area contributed by atoms with E-state index in [4.69, 9.17) is 34.9 Å². The molecule has 34 heteroatoms. The summed E-state index contributed by atoms with van der Waals surface area (Å²) in [5.41, 5.74) is 15.6. The van der Waals surface area contributed by atoms with Crippen molar-refractivity contribution in [3.05, 3.63) is 121 Å². The van der Waals surface area contributed by atoms with Crippen molar-refractivity contribution in [2.45, 2.75) is 260 Å².